The van der Waals surface area contributed by atoms with Crippen molar-refractivity contribution in [3.8, 4) is 0 Å². The molecule has 0 saturated heterocycles. The van der Waals surface area contributed by atoms with E-state index in [-0.39, 0.29) is 5.69 Å². The fourth-order valence-corrected chi connectivity index (χ4v) is 0.585. The van der Waals surface area contributed by atoms with Gasteiger partial charge in [0.1, 0.15) is 0 Å². The molecule has 0 aromatic carbocycles. The van der Waals surface area contributed by atoms with Crippen LogP contribution in [0.2, 0.25) is 0 Å². The van der Waals surface area contributed by atoms with Gasteiger partial charge in [-0.15, -0.1) is 0 Å². The summed E-state index contributed by atoms with van der Waals surface area (Å²) in [7, 11) is 0. The summed E-state index contributed by atoms with van der Waals surface area (Å²) < 4.78 is 12.4. The molecule has 0 aliphatic heterocycles. The van der Waals surface area contributed by atoms with Crippen LogP contribution in [0.25, 0.3) is 0 Å². The summed E-state index contributed by atoms with van der Waals surface area (Å²) in [6.07, 6.45) is 0. The second kappa shape index (κ2) is 2.09. The molecule has 1 heterocycles. The highest BCUT2D eigenvalue weighted by Crippen LogP contribution is 1.88. The summed E-state index contributed by atoms with van der Waals surface area (Å²) in [4.78, 5) is 24.6. The lowest BCUT2D eigenvalue weighted by atomic mass is 10.4. The number of aromatic amines is 2. The van der Waals surface area contributed by atoms with E-state index in [2.05, 4.69) is 4.98 Å². The Hall–Kier alpha value is -1.39. The average molecular weight is 144 g/mol. The minimum atomic E-state index is -0.985. The van der Waals surface area contributed by atoms with Crippen molar-refractivity contribution in [3.63, 3.8) is 0 Å². The number of rotatable bonds is 0. The molecule has 0 fully saturated rings. The number of aromatic nitrogens is 2. The number of hydrogen-bond donors (Lipinski definition) is 2. The van der Waals surface area contributed by atoms with Crippen LogP contribution in [0, 0.1) is 12.7 Å². The maximum absolute atomic E-state index is 12.4. The van der Waals surface area contributed by atoms with Crippen LogP contribution in [0.1, 0.15) is 5.69 Å². The zero-order valence-electron chi connectivity index (χ0n) is 5.19. The molecule has 0 aliphatic rings. The van der Waals surface area contributed by atoms with Gasteiger partial charge in [-0.2, -0.15) is 4.39 Å². The Morgan fingerprint density at radius 3 is 2.40 bits per heavy atom. The van der Waals surface area contributed by atoms with E-state index in [0.29, 0.717) is 0 Å². The summed E-state index contributed by atoms with van der Waals surface area (Å²) >= 11 is 0. The van der Waals surface area contributed by atoms with Crippen LogP contribution in [0.15, 0.2) is 9.59 Å². The summed E-state index contributed by atoms with van der Waals surface area (Å²) in [5, 5.41) is 0. The molecule has 0 saturated carbocycles. The molecule has 0 spiro atoms. The SMILES string of the molecule is Cc1[nH]c(=O)[nH]c(=O)c1F. The summed E-state index contributed by atoms with van der Waals surface area (Å²) in [5.41, 5.74) is -1.72. The van der Waals surface area contributed by atoms with Gasteiger partial charge in [-0.05, 0) is 6.92 Å². The zero-order valence-corrected chi connectivity index (χ0v) is 5.19. The van der Waals surface area contributed by atoms with Crippen LogP contribution in [0.5, 0.6) is 0 Å². The number of halogens is 1. The second-order valence-electron chi connectivity index (χ2n) is 1.85. The molecule has 4 nitrogen and oxygen atoms in total. The van der Waals surface area contributed by atoms with Crippen molar-refractivity contribution in [3.05, 3.63) is 32.3 Å². The standard InChI is InChI=1S/C5H5FN2O2/c1-2-3(6)4(9)8-5(10)7-2/h1H3,(H2,7,8,9,10). The average Bonchev–Trinajstić information content (AvgIpc) is 1.82. The van der Waals surface area contributed by atoms with Crippen molar-refractivity contribution in [1.82, 2.24) is 9.97 Å². The van der Waals surface area contributed by atoms with Gasteiger partial charge >= 0.3 is 5.69 Å². The zero-order chi connectivity index (χ0) is 7.72. The third-order valence-corrected chi connectivity index (χ3v) is 1.06. The van der Waals surface area contributed by atoms with E-state index in [0.717, 1.165) is 0 Å². The van der Waals surface area contributed by atoms with Gasteiger partial charge in [0.2, 0.25) is 5.82 Å². The highest BCUT2D eigenvalue weighted by atomic mass is 19.1. The maximum atomic E-state index is 12.4. The third-order valence-electron chi connectivity index (χ3n) is 1.06. The first-order valence-corrected chi connectivity index (χ1v) is 2.60. The van der Waals surface area contributed by atoms with Crippen LogP contribution in [0.4, 0.5) is 4.39 Å². The minimum absolute atomic E-state index is 0.0475. The molecule has 2 N–H and O–H groups in total. The van der Waals surface area contributed by atoms with Gasteiger partial charge in [-0.3, -0.25) is 9.78 Å². The lowest BCUT2D eigenvalue weighted by Gasteiger charge is -1.90. The summed E-state index contributed by atoms with van der Waals surface area (Å²) in [5.74, 6) is -0.945. The monoisotopic (exact) mass is 144 g/mol. The molecule has 54 valence electrons. The Bertz CT molecular complexity index is 351. The van der Waals surface area contributed by atoms with Crippen molar-refractivity contribution >= 4 is 0 Å². The van der Waals surface area contributed by atoms with E-state index in [4.69, 9.17) is 0 Å². The van der Waals surface area contributed by atoms with Crippen molar-refractivity contribution in [1.29, 1.82) is 0 Å². The fraction of sp³-hybridized carbons (Fsp3) is 0.200. The van der Waals surface area contributed by atoms with Crippen molar-refractivity contribution in [2.45, 2.75) is 6.92 Å². The predicted octanol–water partition coefficient (Wildman–Crippen LogP) is -0.489. The summed E-state index contributed by atoms with van der Waals surface area (Å²) in [6.45, 7) is 1.31. The molecule has 10 heavy (non-hydrogen) atoms. The smallest absolute Gasteiger partial charge is 0.309 e. The van der Waals surface area contributed by atoms with Crippen LogP contribution in [-0.4, -0.2) is 9.97 Å². The highest BCUT2D eigenvalue weighted by molar-refractivity contribution is 4.98. The van der Waals surface area contributed by atoms with Crippen molar-refractivity contribution < 1.29 is 4.39 Å². The topological polar surface area (TPSA) is 65.7 Å². The Kier molecular flexibility index (Phi) is 1.41. The van der Waals surface area contributed by atoms with Gasteiger partial charge in [0.15, 0.2) is 0 Å². The first-order chi connectivity index (χ1) is 4.61. The first kappa shape index (κ1) is 6.73. The van der Waals surface area contributed by atoms with Gasteiger partial charge in [-0.25, -0.2) is 4.79 Å². The Labute approximate surface area is 54.7 Å². The Balaban J connectivity index is 3.62. The molecule has 0 bridgehead atoms. The molecule has 0 amide bonds. The number of H-pyrrole nitrogens is 2. The van der Waals surface area contributed by atoms with Crippen molar-refractivity contribution in [2.75, 3.05) is 0 Å². The molecule has 0 atom stereocenters. The van der Waals surface area contributed by atoms with Gasteiger partial charge in [-0.1, -0.05) is 0 Å². The highest BCUT2D eigenvalue weighted by Gasteiger charge is 2.01. The van der Waals surface area contributed by atoms with Crippen molar-refractivity contribution in [2.24, 2.45) is 0 Å². The third kappa shape index (κ3) is 0.975. The van der Waals surface area contributed by atoms with Gasteiger partial charge in [0.05, 0.1) is 5.69 Å². The molecule has 5 heteroatoms. The molecule has 0 unspecified atom stereocenters. The van der Waals surface area contributed by atoms with E-state index in [1.807, 2.05) is 0 Å². The molecule has 1 aromatic heterocycles. The molecule has 0 radical (unpaired) electrons. The van der Waals surface area contributed by atoms with Gasteiger partial charge in [0.25, 0.3) is 5.56 Å². The van der Waals surface area contributed by atoms with Crippen LogP contribution in [0.3, 0.4) is 0 Å². The molecule has 1 aromatic rings. The number of hydrogen-bond acceptors (Lipinski definition) is 2. The Morgan fingerprint density at radius 2 is 1.90 bits per heavy atom. The first-order valence-electron chi connectivity index (χ1n) is 2.60. The second-order valence-corrected chi connectivity index (χ2v) is 1.85. The van der Waals surface area contributed by atoms with Gasteiger partial charge in [0, 0.05) is 0 Å². The quantitative estimate of drug-likeness (QED) is 0.516. The van der Waals surface area contributed by atoms with E-state index in [1.165, 1.54) is 6.92 Å². The van der Waals surface area contributed by atoms with Crippen LogP contribution in [-0.2, 0) is 0 Å². The molecular formula is C5H5FN2O2. The fourth-order valence-electron chi connectivity index (χ4n) is 0.585. The van der Waals surface area contributed by atoms with Crippen LogP contribution < -0.4 is 11.2 Å². The lowest BCUT2D eigenvalue weighted by molar-refractivity contribution is 0.584. The molecule has 1 rings (SSSR count). The molecule has 0 aliphatic carbocycles. The largest absolute Gasteiger partial charge is 0.326 e. The predicted molar refractivity (Wildman–Crippen MR) is 32.4 cm³/mol. The maximum Gasteiger partial charge on any atom is 0.326 e. The van der Waals surface area contributed by atoms with Gasteiger partial charge < -0.3 is 4.98 Å². The van der Waals surface area contributed by atoms with Crippen LogP contribution >= 0.6 is 0 Å². The number of nitrogens with one attached hydrogen (secondary N) is 2. The normalized spacial score (nSPS) is 9.80. The number of aryl methyl sites for hydroxylation is 1. The Morgan fingerprint density at radius 1 is 1.30 bits per heavy atom. The lowest BCUT2D eigenvalue weighted by Crippen LogP contribution is -2.26. The van der Waals surface area contributed by atoms with E-state index < -0.39 is 17.1 Å². The van der Waals surface area contributed by atoms with E-state index >= 15 is 0 Å². The van der Waals surface area contributed by atoms with E-state index in [9.17, 15) is 14.0 Å². The summed E-state index contributed by atoms with van der Waals surface area (Å²) in [6, 6.07) is 0. The minimum Gasteiger partial charge on any atom is -0.309 e. The van der Waals surface area contributed by atoms with E-state index in [1.54, 1.807) is 4.98 Å². The molecular weight excluding hydrogens is 139 g/mol.